The minimum atomic E-state index is -1.05. The van der Waals surface area contributed by atoms with E-state index in [4.69, 9.17) is 18.4 Å². The van der Waals surface area contributed by atoms with Gasteiger partial charge in [0, 0.05) is 11.6 Å². The molecule has 0 saturated carbocycles. The zero-order valence-electron chi connectivity index (χ0n) is 16.4. The quantitative estimate of drug-likeness (QED) is 0.615. The first-order valence-corrected chi connectivity index (χ1v) is 8.96. The zero-order valence-corrected chi connectivity index (χ0v) is 16.4. The van der Waals surface area contributed by atoms with Crippen molar-refractivity contribution < 1.29 is 33.1 Å². The molecular formula is C21H18N2O7. The highest BCUT2D eigenvalue weighted by Crippen LogP contribution is 2.45. The molecule has 1 N–H and O–H groups in total. The van der Waals surface area contributed by atoms with Gasteiger partial charge >= 0.3 is 0 Å². The van der Waals surface area contributed by atoms with Crippen LogP contribution in [0.2, 0.25) is 0 Å². The molecule has 0 aliphatic carbocycles. The Morgan fingerprint density at radius 2 is 2.00 bits per heavy atom. The van der Waals surface area contributed by atoms with Gasteiger partial charge in [0.1, 0.15) is 23.3 Å². The number of aliphatic hydroxyl groups is 1. The molecule has 154 valence electrons. The number of ketones is 1. The predicted molar refractivity (Wildman–Crippen MR) is 104 cm³/mol. The van der Waals surface area contributed by atoms with E-state index in [9.17, 15) is 14.7 Å². The summed E-state index contributed by atoms with van der Waals surface area (Å²) in [6.45, 7) is 1.67. The van der Waals surface area contributed by atoms with E-state index in [1.165, 1.54) is 37.5 Å². The number of Topliss-reactive ketones (excluding diaryl/α,β-unsaturated/α-hetero) is 1. The number of hydrogen-bond donors (Lipinski definition) is 1. The van der Waals surface area contributed by atoms with E-state index >= 15 is 0 Å². The summed E-state index contributed by atoms with van der Waals surface area (Å²) in [6.07, 6.45) is 1.33. The Kier molecular flexibility index (Phi) is 4.78. The summed E-state index contributed by atoms with van der Waals surface area (Å²) in [5, 5.41) is 14.6. The van der Waals surface area contributed by atoms with Crippen molar-refractivity contribution in [2.75, 3.05) is 19.1 Å². The van der Waals surface area contributed by atoms with Gasteiger partial charge in [-0.05, 0) is 37.3 Å². The lowest BCUT2D eigenvalue weighted by Crippen LogP contribution is -2.31. The summed E-state index contributed by atoms with van der Waals surface area (Å²) in [7, 11) is 2.96. The molecule has 0 radical (unpaired) electrons. The van der Waals surface area contributed by atoms with E-state index in [0.29, 0.717) is 22.8 Å². The summed E-state index contributed by atoms with van der Waals surface area (Å²) < 4.78 is 21.1. The van der Waals surface area contributed by atoms with Crippen molar-refractivity contribution in [2.24, 2.45) is 0 Å². The number of aromatic nitrogens is 1. The second-order valence-corrected chi connectivity index (χ2v) is 6.55. The summed E-state index contributed by atoms with van der Waals surface area (Å²) in [5.41, 5.74) is 0.256. The molecule has 0 unspecified atom stereocenters. The third-order valence-electron chi connectivity index (χ3n) is 4.79. The smallest absolute Gasteiger partial charge is 0.295 e. The fraction of sp³-hybridized carbons (Fsp3) is 0.190. The van der Waals surface area contributed by atoms with Crippen LogP contribution < -0.4 is 14.4 Å². The molecule has 0 saturated heterocycles. The van der Waals surface area contributed by atoms with Crippen LogP contribution >= 0.6 is 0 Å². The van der Waals surface area contributed by atoms with Gasteiger partial charge in [-0.25, -0.2) is 0 Å². The second kappa shape index (κ2) is 7.43. The van der Waals surface area contributed by atoms with Crippen LogP contribution in [0.5, 0.6) is 11.5 Å². The van der Waals surface area contributed by atoms with Crippen LogP contribution in [0, 0.1) is 6.92 Å². The fourth-order valence-electron chi connectivity index (χ4n) is 3.43. The monoisotopic (exact) mass is 410 g/mol. The van der Waals surface area contributed by atoms with Gasteiger partial charge in [0.05, 0.1) is 26.1 Å². The van der Waals surface area contributed by atoms with Gasteiger partial charge < -0.3 is 23.5 Å². The Bertz CT molecular complexity index is 1140. The number of benzene rings is 1. The van der Waals surface area contributed by atoms with Gasteiger partial charge in [-0.15, -0.1) is 0 Å². The van der Waals surface area contributed by atoms with E-state index in [1.54, 1.807) is 31.2 Å². The lowest BCUT2D eigenvalue weighted by molar-refractivity contribution is -0.117. The van der Waals surface area contributed by atoms with Crippen molar-refractivity contribution in [3.8, 4) is 11.5 Å². The van der Waals surface area contributed by atoms with Crippen molar-refractivity contribution in [3.05, 3.63) is 71.1 Å². The Morgan fingerprint density at radius 1 is 1.20 bits per heavy atom. The normalized spacial score (nSPS) is 16.3. The first kappa shape index (κ1) is 19.3. The fourth-order valence-corrected chi connectivity index (χ4v) is 3.43. The first-order valence-electron chi connectivity index (χ1n) is 8.96. The van der Waals surface area contributed by atoms with Gasteiger partial charge in [-0.2, -0.15) is 0 Å². The standard InChI is InChI=1S/C21H18N2O7/c1-11-9-16(22-30-11)23-18(13-10-12(27-2)6-7-14(13)28-3)17(20(25)21(23)26)19(24)15-5-4-8-29-15/h4-10,18,25H,1-3H3/t18-/m0/s1. The van der Waals surface area contributed by atoms with Crippen molar-refractivity contribution in [1.82, 2.24) is 5.16 Å². The van der Waals surface area contributed by atoms with Crippen molar-refractivity contribution >= 4 is 17.5 Å². The van der Waals surface area contributed by atoms with Crippen LogP contribution in [-0.4, -0.2) is 36.2 Å². The number of hydrogen-bond acceptors (Lipinski definition) is 8. The van der Waals surface area contributed by atoms with Crippen molar-refractivity contribution in [1.29, 1.82) is 0 Å². The molecule has 9 heteroatoms. The number of anilines is 1. The number of aliphatic hydroxyl groups excluding tert-OH is 1. The third-order valence-corrected chi connectivity index (χ3v) is 4.79. The molecule has 30 heavy (non-hydrogen) atoms. The number of methoxy groups -OCH3 is 2. The minimum Gasteiger partial charge on any atom is -0.503 e. The molecule has 0 bridgehead atoms. The number of nitrogens with zero attached hydrogens (tertiary/aromatic N) is 2. The predicted octanol–water partition coefficient (Wildman–Crippen LogP) is 3.38. The molecule has 1 aromatic carbocycles. The summed E-state index contributed by atoms with van der Waals surface area (Å²) in [4.78, 5) is 27.4. The third kappa shape index (κ3) is 3.00. The first-order chi connectivity index (χ1) is 14.5. The van der Waals surface area contributed by atoms with Crippen LogP contribution in [0.4, 0.5) is 5.82 Å². The van der Waals surface area contributed by atoms with Crippen LogP contribution in [0.15, 0.2) is 62.9 Å². The number of aryl methyl sites for hydroxylation is 1. The maximum atomic E-state index is 13.2. The second-order valence-electron chi connectivity index (χ2n) is 6.55. The molecular weight excluding hydrogens is 392 g/mol. The number of furan rings is 1. The van der Waals surface area contributed by atoms with E-state index in [-0.39, 0.29) is 17.2 Å². The Balaban J connectivity index is 1.95. The molecule has 9 nitrogen and oxygen atoms in total. The molecule has 3 aromatic rings. The maximum absolute atomic E-state index is 13.2. The van der Waals surface area contributed by atoms with Gasteiger partial charge in [-0.1, -0.05) is 5.16 Å². The van der Waals surface area contributed by atoms with Gasteiger partial charge in [-0.3, -0.25) is 14.5 Å². The molecule has 1 atom stereocenters. The highest BCUT2D eigenvalue weighted by molar-refractivity contribution is 6.20. The highest BCUT2D eigenvalue weighted by Gasteiger charge is 2.47. The van der Waals surface area contributed by atoms with Gasteiger partial charge in [0.15, 0.2) is 17.3 Å². The van der Waals surface area contributed by atoms with Crippen molar-refractivity contribution in [3.63, 3.8) is 0 Å². The molecule has 4 rings (SSSR count). The van der Waals surface area contributed by atoms with Crippen LogP contribution in [0.1, 0.15) is 27.9 Å². The summed E-state index contributed by atoms with van der Waals surface area (Å²) in [5.74, 6) is -0.692. The summed E-state index contributed by atoms with van der Waals surface area (Å²) >= 11 is 0. The average Bonchev–Trinajstić information content (AvgIpc) is 3.48. The lowest BCUT2D eigenvalue weighted by Gasteiger charge is -2.26. The molecule has 0 fully saturated rings. The van der Waals surface area contributed by atoms with E-state index in [0.717, 1.165) is 0 Å². The SMILES string of the molecule is COc1ccc(OC)c([C@H]2C(C(=O)c3ccco3)=C(O)C(=O)N2c2cc(C)on2)c1. The molecule has 1 aliphatic rings. The number of carbonyl (C=O) groups is 2. The Hall–Kier alpha value is -4.01. The number of ether oxygens (including phenoxy) is 2. The van der Waals surface area contributed by atoms with Crippen LogP contribution in [0.3, 0.4) is 0 Å². The molecule has 0 spiro atoms. The zero-order chi connectivity index (χ0) is 21.4. The maximum Gasteiger partial charge on any atom is 0.295 e. The number of amides is 1. The van der Waals surface area contributed by atoms with Crippen LogP contribution in [-0.2, 0) is 4.79 Å². The van der Waals surface area contributed by atoms with Crippen LogP contribution in [0.25, 0.3) is 0 Å². The minimum absolute atomic E-state index is 0.0191. The van der Waals surface area contributed by atoms with E-state index in [2.05, 4.69) is 5.16 Å². The van der Waals surface area contributed by atoms with Gasteiger partial charge in [0.2, 0.25) is 5.78 Å². The van der Waals surface area contributed by atoms with Crippen molar-refractivity contribution in [2.45, 2.75) is 13.0 Å². The largest absolute Gasteiger partial charge is 0.503 e. The lowest BCUT2D eigenvalue weighted by atomic mass is 9.94. The number of rotatable bonds is 6. The van der Waals surface area contributed by atoms with E-state index in [1.807, 2.05) is 0 Å². The molecule has 3 heterocycles. The Labute approximate surface area is 171 Å². The highest BCUT2D eigenvalue weighted by atomic mass is 16.5. The molecule has 1 amide bonds. The van der Waals surface area contributed by atoms with E-state index < -0.39 is 23.5 Å². The molecule has 2 aromatic heterocycles. The average molecular weight is 410 g/mol. The topological polar surface area (TPSA) is 115 Å². The molecule has 1 aliphatic heterocycles. The number of carbonyl (C=O) groups excluding carboxylic acids is 2. The Morgan fingerprint density at radius 3 is 2.60 bits per heavy atom. The summed E-state index contributed by atoms with van der Waals surface area (Å²) in [6, 6.07) is 8.44. The van der Waals surface area contributed by atoms with Gasteiger partial charge in [0.25, 0.3) is 5.91 Å².